The Labute approximate surface area is 171 Å². The van der Waals surface area contributed by atoms with Crippen molar-refractivity contribution in [3.8, 4) is 0 Å². The number of nitrogens with zero attached hydrogens (tertiary/aromatic N) is 2. The van der Waals surface area contributed by atoms with Crippen LogP contribution in [0.5, 0.6) is 0 Å². The first-order valence-corrected chi connectivity index (χ1v) is 10.8. The maximum absolute atomic E-state index is 12.5. The second kappa shape index (κ2) is 9.13. The number of nitrogens with one attached hydrogen (secondary N) is 2. The van der Waals surface area contributed by atoms with Gasteiger partial charge in [0.2, 0.25) is 0 Å². The van der Waals surface area contributed by atoms with Gasteiger partial charge in [0, 0.05) is 18.3 Å². The van der Waals surface area contributed by atoms with Crippen LogP contribution in [0.2, 0.25) is 0 Å². The smallest absolute Gasteiger partial charge is 0.307 e. The topological polar surface area (TPSA) is 118 Å². The average Bonchev–Trinajstić information content (AvgIpc) is 2.60. The maximum atomic E-state index is 12.5. The van der Waals surface area contributed by atoms with Crippen molar-refractivity contribution in [1.82, 2.24) is 14.7 Å². The number of carbonyl (C=O) groups is 2. The number of benzene rings is 1. The molecule has 29 heavy (non-hydrogen) atoms. The van der Waals surface area contributed by atoms with E-state index in [1.807, 2.05) is 50.6 Å². The zero-order valence-electron chi connectivity index (χ0n) is 17.2. The van der Waals surface area contributed by atoms with Crippen LogP contribution in [-0.4, -0.2) is 30.2 Å². The Morgan fingerprint density at radius 1 is 1.03 bits per heavy atom. The molecule has 0 aliphatic rings. The number of para-hydroxylation sites is 1. The van der Waals surface area contributed by atoms with Crippen LogP contribution in [0.4, 0.5) is 10.5 Å². The molecule has 0 atom stereocenters. The Morgan fingerprint density at radius 3 is 2.14 bits per heavy atom. The molecule has 0 radical (unpaired) electrons. The van der Waals surface area contributed by atoms with Gasteiger partial charge in [0.1, 0.15) is 5.78 Å². The number of rotatable bonds is 7. The van der Waals surface area contributed by atoms with Gasteiger partial charge in [-0.05, 0) is 29.9 Å². The molecule has 156 valence electrons. The first-order valence-electron chi connectivity index (χ1n) is 9.28. The molecule has 0 saturated heterocycles. The quantitative estimate of drug-likeness (QED) is 0.712. The van der Waals surface area contributed by atoms with Gasteiger partial charge >= 0.3 is 6.03 Å². The molecule has 0 unspecified atom stereocenters. The second-order valence-electron chi connectivity index (χ2n) is 7.41. The predicted molar refractivity (Wildman–Crippen MR) is 110 cm³/mol. The number of urea groups is 1. The van der Waals surface area contributed by atoms with Crippen molar-refractivity contribution in [1.29, 1.82) is 0 Å². The Bertz CT molecular complexity index is 991. The largest absolute Gasteiger partial charge is 0.333 e. The molecule has 1 aromatic heterocycles. The number of carbonyl (C=O) groups excluding carboxylic acids is 2. The number of hydrogen-bond donors (Lipinski definition) is 2. The van der Waals surface area contributed by atoms with E-state index in [1.54, 1.807) is 0 Å². The van der Waals surface area contributed by atoms with Gasteiger partial charge in [-0.25, -0.2) is 14.5 Å². The van der Waals surface area contributed by atoms with Gasteiger partial charge in [0.15, 0.2) is 5.03 Å². The minimum atomic E-state index is -4.25. The number of amides is 2. The van der Waals surface area contributed by atoms with Crippen LogP contribution < -0.4 is 10.0 Å². The van der Waals surface area contributed by atoms with E-state index in [0.717, 1.165) is 17.3 Å². The van der Waals surface area contributed by atoms with Crippen molar-refractivity contribution in [2.24, 2.45) is 0 Å². The summed E-state index contributed by atoms with van der Waals surface area (Å²) >= 11 is 0. The summed E-state index contributed by atoms with van der Waals surface area (Å²) in [4.78, 5) is 31.5. The Hall–Kier alpha value is -2.81. The fraction of sp³-hybridized carbons (Fsp3) is 0.400. The third kappa shape index (κ3) is 5.83. The molecule has 1 heterocycles. The summed E-state index contributed by atoms with van der Waals surface area (Å²) in [6, 6.07) is 4.83. The van der Waals surface area contributed by atoms with Crippen LogP contribution in [0.1, 0.15) is 63.3 Å². The van der Waals surface area contributed by atoms with Crippen molar-refractivity contribution in [3.63, 3.8) is 0 Å². The summed E-state index contributed by atoms with van der Waals surface area (Å²) in [6.07, 6.45) is 2.30. The van der Waals surface area contributed by atoms with Gasteiger partial charge in [0.25, 0.3) is 10.0 Å². The van der Waals surface area contributed by atoms with Gasteiger partial charge in [0.05, 0.1) is 11.9 Å². The molecule has 2 N–H and O–H groups in total. The van der Waals surface area contributed by atoms with Crippen molar-refractivity contribution in [2.45, 2.75) is 57.9 Å². The minimum Gasteiger partial charge on any atom is -0.307 e. The predicted octanol–water partition coefficient (Wildman–Crippen LogP) is 3.37. The molecule has 8 nitrogen and oxygen atoms in total. The first kappa shape index (κ1) is 22.5. The first-order chi connectivity index (χ1) is 13.5. The molecule has 0 fully saturated rings. The van der Waals surface area contributed by atoms with Gasteiger partial charge in [-0.2, -0.15) is 8.42 Å². The standard InChI is InChI=1S/C20H26N4O4S/c1-12(2)16-7-6-8-17(13(3)4)19(16)23-20(26)24-29(27,28)18-11-21-10-15(22-18)9-14(5)25/h6-8,10-13H,9H2,1-5H3,(H2,23,24,26). The van der Waals surface area contributed by atoms with Crippen LogP contribution in [0.25, 0.3) is 0 Å². The summed E-state index contributed by atoms with van der Waals surface area (Å²) in [5.41, 5.74) is 2.63. The summed E-state index contributed by atoms with van der Waals surface area (Å²) < 4.78 is 27.1. The normalized spacial score (nSPS) is 11.6. The van der Waals surface area contributed by atoms with Gasteiger partial charge in [-0.1, -0.05) is 45.9 Å². The summed E-state index contributed by atoms with van der Waals surface area (Å²) in [5, 5.41) is 2.26. The number of ketones is 1. The summed E-state index contributed by atoms with van der Waals surface area (Å²) in [6.45, 7) is 9.35. The van der Waals surface area contributed by atoms with Crippen LogP contribution in [0.3, 0.4) is 0 Å². The van der Waals surface area contributed by atoms with Crippen molar-refractivity contribution >= 4 is 27.5 Å². The Kier molecular flexibility index (Phi) is 7.07. The van der Waals surface area contributed by atoms with E-state index >= 15 is 0 Å². The van der Waals surface area contributed by atoms with Crippen LogP contribution in [0.15, 0.2) is 35.6 Å². The Morgan fingerprint density at radius 2 is 1.62 bits per heavy atom. The van der Waals surface area contributed by atoms with E-state index in [4.69, 9.17) is 0 Å². The minimum absolute atomic E-state index is 0.0396. The van der Waals surface area contributed by atoms with E-state index in [-0.39, 0.29) is 29.7 Å². The fourth-order valence-electron chi connectivity index (χ4n) is 2.86. The van der Waals surface area contributed by atoms with Crippen molar-refractivity contribution < 1.29 is 18.0 Å². The molecule has 1 aromatic carbocycles. The molecule has 0 saturated carbocycles. The van der Waals surface area contributed by atoms with Gasteiger partial charge < -0.3 is 5.32 Å². The lowest BCUT2D eigenvalue weighted by Crippen LogP contribution is -2.35. The highest BCUT2D eigenvalue weighted by atomic mass is 32.2. The summed E-state index contributed by atoms with van der Waals surface area (Å²) in [5.74, 6) is 0.0931. The average molecular weight is 419 g/mol. The molecular formula is C20H26N4O4S. The zero-order valence-corrected chi connectivity index (χ0v) is 18.0. The molecule has 2 rings (SSSR count). The van der Waals surface area contributed by atoms with E-state index in [9.17, 15) is 18.0 Å². The fourth-order valence-corrected chi connectivity index (χ4v) is 3.70. The van der Waals surface area contributed by atoms with Crippen LogP contribution in [0, 0.1) is 0 Å². The van der Waals surface area contributed by atoms with E-state index in [1.165, 1.54) is 13.1 Å². The number of hydrogen-bond acceptors (Lipinski definition) is 6. The zero-order chi connectivity index (χ0) is 21.8. The monoisotopic (exact) mass is 418 g/mol. The highest BCUT2D eigenvalue weighted by molar-refractivity contribution is 7.90. The number of Topliss-reactive ketones (excluding diaryl/α,β-unsaturated/α-hetero) is 1. The third-order valence-corrected chi connectivity index (χ3v) is 5.41. The van der Waals surface area contributed by atoms with Crippen LogP contribution in [-0.2, 0) is 21.2 Å². The number of anilines is 1. The van der Waals surface area contributed by atoms with E-state index in [2.05, 4.69) is 15.3 Å². The van der Waals surface area contributed by atoms with Crippen LogP contribution >= 0.6 is 0 Å². The molecule has 0 aliphatic carbocycles. The van der Waals surface area contributed by atoms with Gasteiger partial charge in [-0.3, -0.25) is 9.78 Å². The third-order valence-electron chi connectivity index (χ3n) is 4.21. The SMILES string of the molecule is CC(=O)Cc1cncc(S(=O)(=O)NC(=O)Nc2c(C(C)C)cccc2C(C)C)n1. The highest BCUT2D eigenvalue weighted by Gasteiger charge is 2.22. The summed E-state index contributed by atoms with van der Waals surface area (Å²) in [7, 11) is -4.25. The van der Waals surface area contributed by atoms with Gasteiger partial charge in [-0.15, -0.1) is 0 Å². The lowest BCUT2D eigenvalue weighted by atomic mass is 9.93. The molecule has 9 heteroatoms. The highest BCUT2D eigenvalue weighted by Crippen LogP contribution is 2.32. The molecule has 0 bridgehead atoms. The van der Waals surface area contributed by atoms with E-state index < -0.39 is 21.1 Å². The number of sulfonamides is 1. The molecule has 2 amide bonds. The molecule has 2 aromatic rings. The Balaban J connectivity index is 2.28. The maximum Gasteiger partial charge on any atom is 0.333 e. The lowest BCUT2D eigenvalue weighted by molar-refractivity contribution is -0.116. The number of aromatic nitrogens is 2. The molecular weight excluding hydrogens is 392 g/mol. The second-order valence-corrected chi connectivity index (χ2v) is 9.04. The lowest BCUT2D eigenvalue weighted by Gasteiger charge is -2.20. The van der Waals surface area contributed by atoms with Crippen molar-refractivity contribution in [2.75, 3.05) is 5.32 Å². The van der Waals surface area contributed by atoms with E-state index in [0.29, 0.717) is 5.69 Å². The molecule has 0 spiro atoms. The van der Waals surface area contributed by atoms with Crippen molar-refractivity contribution in [3.05, 3.63) is 47.4 Å². The molecule has 0 aliphatic heterocycles.